The lowest BCUT2D eigenvalue weighted by molar-refractivity contribution is -0.131. The number of hydrogen-bond donors (Lipinski definition) is 1. The highest BCUT2D eigenvalue weighted by Gasteiger charge is 2.19. The minimum atomic E-state index is -0.0972. The molecule has 1 unspecified atom stereocenters. The van der Waals surface area contributed by atoms with Gasteiger partial charge in [-0.2, -0.15) is 0 Å². The highest BCUT2D eigenvalue weighted by Crippen LogP contribution is 2.13. The Bertz CT molecular complexity index is 462. The van der Waals surface area contributed by atoms with Gasteiger partial charge in [-0.05, 0) is 34.0 Å². The summed E-state index contributed by atoms with van der Waals surface area (Å²) in [5.41, 5.74) is 3.90. The largest absolute Gasteiger partial charge is 0.343 e. The molecular formula is C14H17BrN2O2. The van der Waals surface area contributed by atoms with Crippen molar-refractivity contribution in [3.8, 4) is 0 Å². The van der Waals surface area contributed by atoms with Crippen LogP contribution in [0.4, 0.5) is 0 Å². The smallest absolute Gasteiger partial charge is 0.222 e. The van der Waals surface area contributed by atoms with Gasteiger partial charge in [0.15, 0.2) is 0 Å². The SMILES string of the molecule is CN(CC1C=C(Br)NO1)C(=O)CCc1ccccc1. The summed E-state index contributed by atoms with van der Waals surface area (Å²) in [7, 11) is 1.80. The van der Waals surface area contributed by atoms with Gasteiger partial charge in [0.05, 0.1) is 6.54 Å². The van der Waals surface area contributed by atoms with Crippen LogP contribution in [-0.4, -0.2) is 30.5 Å². The third kappa shape index (κ3) is 4.36. The second-order valence-corrected chi connectivity index (χ2v) is 5.39. The highest BCUT2D eigenvalue weighted by molar-refractivity contribution is 9.11. The standard InChI is InChI=1S/C14H17BrN2O2/c1-17(10-12-9-13(15)16-19-12)14(18)8-7-11-5-3-2-4-6-11/h2-6,9,12,16H,7-8,10H2,1H3. The maximum atomic E-state index is 12.0. The first-order chi connectivity index (χ1) is 9.15. The van der Waals surface area contributed by atoms with Crippen LogP contribution in [0.2, 0.25) is 0 Å². The van der Waals surface area contributed by atoms with Gasteiger partial charge < -0.3 is 4.90 Å². The molecule has 0 bridgehead atoms. The molecule has 1 aromatic rings. The van der Waals surface area contributed by atoms with Crippen molar-refractivity contribution < 1.29 is 9.63 Å². The van der Waals surface area contributed by atoms with E-state index in [9.17, 15) is 4.79 Å². The van der Waals surface area contributed by atoms with E-state index in [0.717, 1.165) is 11.0 Å². The molecular weight excluding hydrogens is 308 g/mol. The van der Waals surface area contributed by atoms with Crippen molar-refractivity contribution in [2.45, 2.75) is 18.9 Å². The number of nitrogens with zero attached hydrogens (tertiary/aromatic N) is 1. The van der Waals surface area contributed by atoms with E-state index >= 15 is 0 Å². The second-order valence-electron chi connectivity index (χ2n) is 4.53. The van der Waals surface area contributed by atoms with Crippen molar-refractivity contribution in [2.24, 2.45) is 0 Å². The summed E-state index contributed by atoms with van der Waals surface area (Å²) in [6.45, 7) is 0.551. The van der Waals surface area contributed by atoms with Gasteiger partial charge in [-0.3, -0.25) is 15.1 Å². The maximum absolute atomic E-state index is 12.0. The van der Waals surface area contributed by atoms with Crippen LogP contribution in [0.3, 0.4) is 0 Å². The second kappa shape index (κ2) is 6.73. The molecule has 0 radical (unpaired) electrons. The van der Waals surface area contributed by atoms with Crippen molar-refractivity contribution in [2.75, 3.05) is 13.6 Å². The third-order valence-corrected chi connectivity index (χ3v) is 3.42. The number of carbonyl (C=O) groups excluding carboxylic acids is 1. The molecule has 0 aromatic heterocycles. The number of likely N-dealkylation sites (N-methyl/N-ethyl adjacent to an activating group) is 1. The summed E-state index contributed by atoms with van der Waals surface area (Å²) in [4.78, 5) is 19.0. The number of rotatable bonds is 5. The fourth-order valence-corrected chi connectivity index (χ4v) is 2.30. The molecule has 1 aromatic carbocycles. The Balaban J connectivity index is 1.76. The Hall–Kier alpha value is -1.33. The number of halogens is 1. The maximum Gasteiger partial charge on any atom is 0.222 e. The summed E-state index contributed by atoms with van der Waals surface area (Å²) in [5.74, 6) is 0.129. The first-order valence-corrected chi connectivity index (χ1v) is 7.01. The lowest BCUT2D eigenvalue weighted by Gasteiger charge is -2.19. The Labute approximate surface area is 121 Å². The van der Waals surface area contributed by atoms with E-state index < -0.39 is 0 Å². The number of hydrogen-bond acceptors (Lipinski definition) is 3. The molecule has 1 heterocycles. The first kappa shape index (κ1) is 14.1. The Morgan fingerprint density at radius 2 is 2.16 bits per heavy atom. The van der Waals surface area contributed by atoms with Crippen LogP contribution in [-0.2, 0) is 16.1 Å². The molecule has 1 aliphatic rings. The summed E-state index contributed by atoms with van der Waals surface area (Å²) in [5, 5.41) is 0. The van der Waals surface area contributed by atoms with E-state index in [1.54, 1.807) is 11.9 Å². The minimum absolute atomic E-state index is 0.0972. The number of carbonyl (C=O) groups is 1. The molecule has 1 N–H and O–H groups in total. The fourth-order valence-electron chi connectivity index (χ4n) is 1.91. The van der Waals surface area contributed by atoms with Crippen molar-refractivity contribution >= 4 is 21.8 Å². The van der Waals surface area contributed by atoms with Gasteiger partial charge >= 0.3 is 0 Å². The molecule has 0 spiro atoms. The van der Waals surface area contributed by atoms with Gasteiger partial charge in [-0.15, -0.1) is 0 Å². The van der Waals surface area contributed by atoms with E-state index in [1.165, 1.54) is 5.56 Å². The number of nitrogens with one attached hydrogen (secondary N) is 1. The molecule has 1 aliphatic heterocycles. The average molecular weight is 325 g/mol. The Kier molecular flexibility index (Phi) is 4.99. The Morgan fingerprint density at radius 3 is 2.79 bits per heavy atom. The van der Waals surface area contributed by atoms with Crippen LogP contribution < -0.4 is 5.48 Å². The molecule has 0 saturated carbocycles. The van der Waals surface area contributed by atoms with Crippen LogP contribution in [0.15, 0.2) is 41.0 Å². The zero-order chi connectivity index (χ0) is 13.7. The van der Waals surface area contributed by atoms with Crippen LogP contribution in [0.25, 0.3) is 0 Å². The number of hydroxylamine groups is 1. The molecule has 2 rings (SSSR count). The molecule has 1 atom stereocenters. The van der Waals surface area contributed by atoms with Gasteiger partial charge in [0.25, 0.3) is 0 Å². The zero-order valence-corrected chi connectivity index (χ0v) is 12.4. The summed E-state index contributed by atoms with van der Waals surface area (Å²) in [6, 6.07) is 10.0. The monoisotopic (exact) mass is 324 g/mol. The highest BCUT2D eigenvalue weighted by atomic mass is 79.9. The van der Waals surface area contributed by atoms with Gasteiger partial charge in [0.2, 0.25) is 5.91 Å². The lowest BCUT2D eigenvalue weighted by Crippen LogP contribution is -2.34. The van der Waals surface area contributed by atoms with Gasteiger partial charge in [-0.1, -0.05) is 30.3 Å². The topological polar surface area (TPSA) is 41.6 Å². The van der Waals surface area contributed by atoms with Gasteiger partial charge in [0, 0.05) is 13.5 Å². The average Bonchev–Trinajstić information content (AvgIpc) is 2.82. The summed E-state index contributed by atoms with van der Waals surface area (Å²) in [6.07, 6.45) is 3.10. The van der Waals surface area contributed by atoms with Crippen LogP contribution in [0.5, 0.6) is 0 Å². The van der Waals surface area contributed by atoms with E-state index in [1.807, 2.05) is 36.4 Å². The predicted octanol–water partition coefficient (Wildman–Crippen LogP) is 2.22. The molecule has 0 fully saturated rings. The molecule has 19 heavy (non-hydrogen) atoms. The lowest BCUT2D eigenvalue weighted by atomic mass is 10.1. The number of amides is 1. The van der Waals surface area contributed by atoms with Gasteiger partial charge in [-0.25, -0.2) is 0 Å². The zero-order valence-electron chi connectivity index (χ0n) is 10.8. The van der Waals surface area contributed by atoms with E-state index in [2.05, 4.69) is 21.4 Å². The minimum Gasteiger partial charge on any atom is -0.343 e. The van der Waals surface area contributed by atoms with Crippen molar-refractivity contribution in [3.05, 3.63) is 46.6 Å². The third-order valence-electron chi connectivity index (χ3n) is 2.99. The molecule has 5 heteroatoms. The fraction of sp³-hybridized carbons (Fsp3) is 0.357. The first-order valence-electron chi connectivity index (χ1n) is 6.22. The molecule has 1 amide bonds. The predicted molar refractivity (Wildman–Crippen MR) is 77.4 cm³/mol. The van der Waals surface area contributed by atoms with Gasteiger partial charge in [0.1, 0.15) is 10.7 Å². The molecule has 4 nitrogen and oxygen atoms in total. The number of benzene rings is 1. The van der Waals surface area contributed by atoms with Crippen LogP contribution in [0, 0.1) is 0 Å². The Morgan fingerprint density at radius 1 is 1.42 bits per heavy atom. The van der Waals surface area contributed by atoms with E-state index in [0.29, 0.717) is 13.0 Å². The molecule has 102 valence electrons. The normalized spacial score (nSPS) is 17.8. The van der Waals surface area contributed by atoms with Crippen LogP contribution in [0.1, 0.15) is 12.0 Å². The quantitative estimate of drug-likeness (QED) is 0.844. The molecule has 0 aliphatic carbocycles. The summed E-state index contributed by atoms with van der Waals surface area (Å²) < 4.78 is 0.808. The number of aryl methyl sites for hydroxylation is 1. The van der Waals surface area contributed by atoms with E-state index in [4.69, 9.17) is 4.84 Å². The summed E-state index contributed by atoms with van der Waals surface area (Å²) >= 11 is 3.29. The van der Waals surface area contributed by atoms with Crippen molar-refractivity contribution in [1.29, 1.82) is 0 Å². The van der Waals surface area contributed by atoms with Crippen molar-refractivity contribution in [1.82, 2.24) is 10.4 Å². The van der Waals surface area contributed by atoms with Crippen molar-refractivity contribution in [3.63, 3.8) is 0 Å². The van der Waals surface area contributed by atoms with E-state index in [-0.39, 0.29) is 12.0 Å². The molecule has 0 saturated heterocycles. The van der Waals surface area contributed by atoms with Crippen LogP contribution >= 0.6 is 15.9 Å².